The van der Waals surface area contributed by atoms with Crippen LogP contribution in [0.15, 0.2) is 29.6 Å². The minimum atomic E-state index is -0.196. The second-order valence-corrected chi connectivity index (χ2v) is 8.09. The predicted molar refractivity (Wildman–Crippen MR) is 113 cm³/mol. The molecule has 2 aromatic rings. The molecule has 1 unspecified atom stereocenters. The number of rotatable bonds is 7. The third kappa shape index (κ3) is 5.39. The van der Waals surface area contributed by atoms with Gasteiger partial charge in [0.1, 0.15) is 11.9 Å². The molecule has 7 nitrogen and oxygen atoms in total. The molecule has 1 aliphatic heterocycles. The molecule has 0 bridgehead atoms. The molecule has 2 amide bonds. The van der Waals surface area contributed by atoms with Gasteiger partial charge in [-0.2, -0.15) is 0 Å². The van der Waals surface area contributed by atoms with E-state index >= 15 is 0 Å². The molecule has 1 N–H and O–H groups in total. The van der Waals surface area contributed by atoms with Crippen LogP contribution in [-0.4, -0.2) is 59.7 Å². The summed E-state index contributed by atoms with van der Waals surface area (Å²) in [7, 11) is 3.34. The largest absolute Gasteiger partial charge is 0.486 e. The molecule has 9 heteroatoms. The first-order valence-corrected chi connectivity index (χ1v) is 10.8. The van der Waals surface area contributed by atoms with E-state index < -0.39 is 0 Å². The second kappa shape index (κ2) is 9.45. The fourth-order valence-electron chi connectivity index (χ4n) is 3.01. The first-order chi connectivity index (χ1) is 13.9. The number of carbonyl (C=O) groups excluding carboxylic acids is 2. The number of hydrogen-bond acceptors (Lipinski definition) is 6. The van der Waals surface area contributed by atoms with Crippen molar-refractivity contribution in [2.75, 3.05) is 26.9 Å². The Bertz CT molecular complexity index is 923. The average molecular weight is 435 g/mol. The molecule has 0 spiro atoms. The van der Waals surface area contributed by atoms with Crippen LogP contribution in [-0.2, 0) is 16.0 Å². The van der Waals surface area contributed by atoms with Crippen LogP contribution >= 0.6 is 23.4 Å². The number of carbonyl (C=O) groups is 2. The molecule has 0 aliphatic carbocycles. The Kier molecular flexibility index (Phi) is 6.97. The Morgan fingerprint density at radius 1 is 1.34 bits per heavy atom. The van der Waals surface area contributed by atoms with Crippen molar-refractivity contribution in [3.8, 4) is 17.0 Å². The zero-order chi connectivity index (χ0) is 21.0. The van der Waals surface area contributed by atoms with Gasteiger partial charge in [-0.15, -0.1) is 0 Å². The Morgan fingerprint density at radius 2 is 2.14 bits per heavy atom. The highest BCUT2D eigenvalue weighted by atomic mass is 35.5. The lowest BCUT2D eigenvalue weighted by Gasteiger charge is -2.13. The number of amides is 2. The van der Waals surface area contributed by atoms with Gasteiger partial charge in [0, 0.05) is 50.7 Å². The van der Waals surface area contributed by atoms with E-state index in [9.17, 15) is 9.59 Å². The van der Waals surface area contributed by atoms with Crippen LogP contribution in [0.4, 0.5) is 0 Å². The van der Waals surface area contributed by atoms with Crippen molar-refractivity contribution in [1.82, 2.24) is 20.2 Å². The maximum absolute atomic E-state index is 12.0. The van der Waals surface area contributed by atoms with Crippen LogP contribution in [0.1, 0.15) is 18.4 Å². The van der Waals surface area contributed by atoms with E-state index in [1.54, 1.807) is 20.3 Å². The molecular formula is C20H23ClN4O3S. The maximum atomic E-state index is 12.0. The molecule has 1 aromatic heterocycles. The number of nitrogens with zero attached hydrogens (tertiary/aromatic N) is 3. The molecule has 0 saturated heterocycles. The van der Waals surface area contributed by atoms with E-state index in [-0.39, 0.29) is 30.8 Å². The highest BCUT2D eigenvalue weighted by Gasteiger charge is 2.26. The van der Waals surface area contributed by atoms with Crippen LogP contribution in [0.5, 0.6) is 5.75 Å². The highest BCUT2D eigenvalue weighted by molar-refractivity contribution is 7.98. The van der Waals surface area contributed by atoms with Crippen molar-refractivity contribution >= 4 is 35.2 Å². The van der Waals surface area contributed by atoms with Gasteiger partial charge >= 0.3 is 0 Å². The third-order valence-corrected chi connectivity index (χ3v) is 5.40. The number of halogens is 1. The SMILES string of the molecule is CSc1nccc(-c2cc(Cl)c3c(c2)CC(CNC(=O)CCC(=O)N(C)C)O3)n1. The van der Waals surface area contributed by atoms with E-state index in [0.717, 1.165) is 16.8 Å². The summed E-state index contributed by atoms with van der Waals surface area (Å²) in [6.45, 7) is 0.361. The number of thioether (sulfide) groups is 1. The van der Waals surface area contributed by atoms with Crippen molar-refractivity contribution < 1.29 is 14.3 Å². The molecule has 0 radical (unpaired) electrons. The molecule has 0 fully saturated rings. The van der Waals surface area contributed by atoms with Gasteiger partial charge in [-0.05, 0) is 24.5 Å². The first kappa shape index (κ1) is 21.4. The third-order valence-electron chi connectivity index (χ3n) is 4.56. The Morgan fingerprint density at radius 3 is 2.86 bits per heavy atom. The van der Waals surface area contributed by atoms with Gasteiger partial charge in [0.2, 0.25) is 11.8 Å². The monoisotopic (exact) mass is 434 g/mol. The lowest BCUT2D eigenvalue weighted by molar-refractivity contribution is -0.131. The van der Waals surface area contributed by atoms with Gasteiger partial charge < -0.3 is 15.0 Å². The lowest BCUT2D eigenvalue weighted by atomic mass is 10.0. The van der Waals surface area contributed by atoms with Crippen molar-refractivity contribution in [2.24, 2.45) is 0 Å². The molecule has 0 saturated carbocycles. The van der Waals surface area contributed by atoms with Crippen molar-refractivity contribution in [3.05, 3.63) is 35.0 Å². The number of nitrogens with one attached hydrogen (secondary N) is 1. The summed E-state index contributed by atoms with van der Waals surface area (Å²) in [5, 5.41) is 4.05. The fourth-order valence-corrected chi connectivity index (χ4v) is 3.65. The van der Waals surface area contributed by atoms with Crippen LogP contribution < -0.4 is 10.1 Å². The van der Waals surface area contributed by atoms with Crippen LogP contribution in [0.2, 0.25) is 5.02 Å². The van der Waals surface area contributed by atoms with Crippen molar-refractivity contribution in [1.29, 1.82) is 0 Å². The molecule has 2 heterocycles. The number of aromatic nitrogens is 2. The van der Waals surface area contributed by atoms with Gasteiger partial charge in [0.15, 0.2) is 5.16 Å². The summed E-state index contributed by atoms with van der Waals surface area (Å²) in [6.07, 6.45) is 4.45. The van der Waals surface area contributed by atoms with Crippen LogP contribution in [0, 0.1) is 0 Å². The Hall–Kier alpha value is -2.32. The minimum Gasteiger partial charge on any atom is -0.486 e. The molecule has 154 valence electrons. The highest BCUT2D eigenvalue weighted by Crippen LogP contribution is 2.39. The summed E-state index contributed by atoms with van der Waals surface area (Å²) in [5.74, 6) is 0.409. The Labute approximate surface area is 179 Å². The molecular weight excluding hydrogens is 412 g/mol. The molecule has 1 aliphatic rings. The summed E-state index contributed by atoms with van der Waals surface area (Å²) < 4.78 is 5.93. The number of benzene rings is 1. The van der Waals surface area contributed by atoms with Crippen LogP contribution in [0.25, 0.3) is 11.3 Å². The van der Waals surface area contributed by atoms with E-state index in [2.05, 4.69) is 15.3 Å². The summed E-state index contributed by atoms with van der Waals surface area (Å²) in [6, 6.07) is 5.70. The second-order valence-electron chi connectivity index (χ2n) is 6.91. The quantitative estimate of drug-likeness (QED) is 0.532. The first-order valence-electron chi connectivity index (χ1n) is 9.20. The summed E-state index contributed by atoms with van der Waals surface area (Å²) in [4.78, 5) is 33.8. The molecule has 3 rings (SSSR count). The fraction of sp³-hybridized carbons (Fsp3) is 0.400. The topological polar surface area (TPSA) is 84.4 Å². The van der Waals surface area contributed by atoms with E-state index in [1.807, 2.05) is 24.5 Å². The smallest absolute Gasteiger partial charge is 0.222 e. The van der Waals surface area contributed by atoms with Crippen LogP contribution in [0.3, 0.4) is 0 Å². The molecule has 1 aromatic carbocycles. The normalized spacial score (nSPS) is 14.8. The van der Waals surface area contributed by atoms with E-state index in [0.29, 0.717) is 28.9 Å². The predicted octanol–water partition coefficient (Wildman–Crippen LogP) is 2.81. The number of hydrogen-bond donors (Lipinski definition) is 1. The van der Waals surface area contributed by atoms with Crippen molar-refractivity contribution in [2.45, 2.75) is 30.5 Å². The molecule has 1 atom stereocenters. The zero-order valence-electron chi connectivity index (χ0n) is 16.6. The summed E-state index contributed by atoms with van der Waals surface area (Å²) >= 11 is 7.92. The standard InChI is InChI=1S/C20H23ClN4O3S/c1-25(2)18(27)5-4-17(26)23-11-14-9-13-8-12(10-15(21)19(13)28-14)16-6-7-22-20(24-16)29-3/h6-8,10,14H,4-5,9,11H2,1-3H3,(H,23,26). The van der Waals surface area contributed by atoms with Gasteiger partial charge in [0.05, 0.1) is 17.3 Å². The van der Waals surface area contributed by atoms with Gasteiger partial charge in [-0.1, -0.05) is 23.4 Å². The minimum absolute atomic E-state index is 0.0710. The van der Waals surface area contributed by atoms with Gasteiger partial charge in [-0.25, -0.2) is 9.97 Å². The van der Waals surface area contributed by atoms with Gasteiger partial charge in [0.25, 0.3) is 0 Å². The van der Waals surface area contributed by atoms with E-state index in [4.69, 9.17) is 16.3 Å². The average Bonchev–Trinajstić information content (AvgIpc) is 3.14. The number of ether oxygens (including phenoxy) is 1. The molecule has 29 heavy (non-hydrogen) atoms. The lowest BCUT2D eigenvalue weighted by Crippen LogP contribution is -2.35. The zero-order valence-corrected chi connectivity index (χ0v) is 18.1. The summed E-state index contributed by atoms with van der Waals surface area (Å²) in [5.41, 5.74) is 2.69. The Balaban J connectivity index is 1.61. The maximum Gasteiger partial charge on any atom is 0.222 e. The van der Waals surface area contributed by atoms with E-state index in [1.165, 1.54) is 16.7 Å². The number of fused-ring (bicyclic) bond motifs is 1. The van der Waals surface area contributed by atoms with Gasteiger partial charge in [-0.3, -0.25) is 9.59 Å². The van der Waals surface area contributed by atoms with Crippen molar-refractivity contribution in [3.63, 3.8) is 0 Å².